The Morgan fingerprint density at radius 2 is 1.41 bits per heavy atom. The molecular weight excluding hydrogens is 384 g/mol. The fraction of sp³-hybridized carbons (Fsp3) is 0.778. The van der Waals surface area contributed by atoms with Gasteiger partial charge in [-0.05, 0) is 12.8 Å². The van der Waals surface area contributed by atoms with E-state index in [0.717, 1.165) is 6.42 Å². The van der Waals surface area contributed by atoms with Crippen LogP contribution >= 0.6 is 0 Å². The number of nitrogens with one attached hydrogen (secondary N) is 3. The van der Waals surface area contributed by atoms with E-state index in [1.54, 1.807) is 0 Å². The molecule has 0 fully saturated rings. The van der Waals surface area contributed by atoms with Crippen LogP contribution in [0.2, 0.25) is 0 Å². The van der Waals surface area contributed by atoms with Gasteiger partial charge in [-0.2, -0.15) is 0 Å². The Bertz CT molecular complexity index is 514. The molecule has 0 radical (unpaired) electrons. The molecule has 0 rings (SSSR count). The van der Waals surface area contributed by atoms with Crippen LogP contribution in [-0.4, -0.2) is 93.5 Å². The van der Waals surface area contributed by atoms with Gasteiger partial charge in [0.05, 0.1) is 26.4 Å². The van der Waals surface area contributed by atoms with Crippen molar-refractivity contribution < 1.29 is 33.8 Å². The van der Waals surface area contributed by atoms with Gasteiger partial charge in [-0.1, -0.05) is 6.92 Å². The van der Waals surface area contributed by atoms with Crippen molar-refractivity contribution in [2.45, 2.75) is 38.6 Å². The van der Waals surface area contributed by atoms with Gasteiger partial charge in [-0.25, -0.2) is 4.79 Å². The molecule has 29 heavy (non-hydrogen) atoms. The first-order valence-electron chi connectivity index (χ1n) is 9.67. The normalized spacial score (nSPS) is 11.4. The van der Waals surface area contributed by atoms with Crippen molar-refractivity contribution in [3.8, 4) is 0 Å². The average Bonchev–Trinajstić information content (AvgIpc) is 2.65. The van der Waals surface area contributed by atoms with Crippen LogP contribution in [0.15, 0.2) is 0 Å². The fourth-order valence-electron chi connectivity index (χ4n) is 2.24. The minimum Gasteiger partial charge on any atom is -0.465 e. The lowest BCUT2D eigenvalue weighted by atomic mass is 10.1. The van der Waals surface area contributed by atoms with Crippen molar-refractivity contribution in [1.82, 2.24) is 20.9 Å². The number of carbonyl (C=O) groups is 4. The van der Waals surface area contributed by atoms with Gasteiger partial charge in [0.15, 0.2) is 0 Å². The van der Waals surface area contributed by atoms with Crippen LogP contribution in [0.1, 0.15) is 32.6 Å². The molecule has 0 aromatic rings. The molecule has 0 aromatic heterocycles. The molecule has 0 unspecified atom stereocenters. The monoisotopic (exact) mass is 418 g/mol. The summed E-state index contributed by atoms with van der Waals surface area (Å²) in [5, 5.41) is 16.3. The minimum absolute atomic E-state index is 0.0113. The van der Waals surface area contributed by atoms with Gasteiger partial charge in [-0.3, -0.25) is 14.4 Å². The first kappa shape index (κ1) is 26.6. The van der Waals surface area contributed by atoms with E-state index in [0.29, 0.717) is 45.9 Å². The summed E-state index contributed by atoms with van der Waals surface area (Å²) in [4.78, 5) is 47.0. The molecule has 0 saturated carbocycles. The first-order valence-corrected chi connectivity index (χ1v) is 9.67. The molecule has 0 aliphatic carbocycles. The summed E-state index contributed by atoms with van der Waals surface area (Å²) >= 11 is 0. The standard InChI is InChI=1S/C18H34N4O7/c1-4-5-15(23)19-8-10-28-12-13-29-11-9-20-16(24)7-6-14(21-18(26)27)17(25)22(2)3/h14,21H,4-13H2,1-3H3,(H,19,23)(H,20,24)(H,26,27)/t14-/m1/s1. The Morgan fingerprint density at radius 1 is 0.897 bits per heavy atom. The fourth-order valence-corrected chi connectivity index (χ4v) is 2.24. The maximum Gasteiger partial charge on any atom is 0.405 e. The van der Waals surface area contributed by atoms with Crippen LogP contribution in [-0.2, 0) is 23.9 Å². The molecule has 11 heteroatoms. The molecule has 1 atom stereocenters. The molecule has 11 nitrogen and oxygen atoms in total. The number of nitrogens with zero attached hydrogens (tertiary/aromatic N) is 1. The van der Waals surface area contributed by atoms with E-state index in [2.05, 4.69) is 16.0 Å². The zero-order chi connectivity index (χ0) is 22.1. The zero-order valence-corrected chi connectivity index (χ0v) is 17.5. The van der Waals surface area contributed by atoms with Gasteiger partial charge in [0.1, 0.15) is 6.04 Å². The van der Waals surface area contributed by atoms with E-state index < -0.39 is 18.0 Å². The van der Waals surface area contributed by atoms with Crippen LogP contribution < -0.4 is 16.0 Å². The van der Waals surface area contributed by atoms with Crippen LogP contribution in [0.25, 0.3) is 0 Å². The van der Waals surface area contributed by atoms with Crippen molar-refractivity contribution in [1.29, 1.82) is 0 Å². The Hall–Kier alpha value is -2.40. The maximum atomic E-state index is 11.9. The summed E-state index contributed by atoms with van der Waals surface area (Å²) in [6, 6.07) is -0.964. The summed E-state index contributed by atoms with van der Waals surface area (Å²) in [6.07, 6.45) is 0.0862. The van der Waals surface area contributed by atoms with Gasteiger partial charge < -0.3 is 35.4 Å². The topological polar surface area (TPSA) is 146 Å². The Labute approximate surface area is 171 Å². The summed E-state index contributed by atoms with van der Waals surface area (Å²) in [5.74, 6) is -0.691. The summed E-state index contributed by atoms with van der Waals surface area (Å²) in [6.45, 7) is 4.15. The number of ether oxygens (including phenoxy) is 2. The molecule has 0 heterocycles. The van der Waals surface area contributed by atoms with Gasteiger partial charge in [0.25, 0.3) is 0 Å². The zero-order valence-electron chi connectivity index (χ0n) is 17.5. The van der Waals surface area contributed by atoms with Crippen LogP contribution in [0.5, 0.6) is 0 Å². The maximum absolute atomic E-state index is 11.9. The van der Waals surface area contributed by atoms with Crippen molar-refractivity contribution in [2.75, 3.05) is 53.6 Å². The highest BCUT2D eigenvalue weighted by Crippen LogP contribution is 2.01. The third-order valence-electron chi connectivity index (χ3n) is 3.68. The van der Waals surface area contributed by atoms with E-state index in [1.807, 2.05) is 6.92 Å². The van der Waals surface area contributed by atoms with E-state index in [-0.39, 0.29) is 24.7 Å². The number of amides is 4. The molecule has 0 aromatic carbocycles. The second-order valence-electron chi connectivity index (χ2n) is 6.45. The number of hydrogen-bond donors (Lipinski definition) is 4. The molecule has 0 spiro atoms. The Balaban J connectivity index is 3.72. The van der Waals surface area contributed by atoms with Gasteiger partial charge in [-0.15, -0.1) is 0 Å². The Kier molecular flexibility index (Phi) is 15.2. The highest BCUT2D eigenvalue weighted by molar-refractivity contribution is 5.85. The minimum atomic E-state index is -1.32. The first-order chi connectivity index (χ1) is 13.8. The second kappa shape index (κ2) is 16.5. The molecule has 4 N–H and O–H groups in total. The summed E-state index contributed by atoms with van der Waals surface area (Å²) < 4.78 is 10.6. The molecule has 0 bridgehead atoms. The van der Waals surface area contributed by atoms with Crippen molar-refractivity contribution in [3.05, 3.63) is 0 Å². The van der Waals surface area contributed by atoms with Gasteiger partial charge in [0, 0.05) is 40.0 Å². The van der Waals surface area contributed by atoms with Crippen molar-refractivity contribution in [2.24, 2.45) is 0 Å². The van der Waals surface area contributed by atoms with Crippen LogP contribution in [0, 0.1) is 0 Å². The molecule has 168 valence electrons. The predicted octanol–water partition coefficient (Wildman–Crippen LogP) is -0.443. The highest BCUT2D eigenvalue weighted by Gasteiger charge is 2.22. The number of likely N-dealkylation sites (N-methyl/N-ethyl adjacent to an activating group) is 1. The molecule has 0 saturated heterocycles. The van der Waals surface area contributed by atoms with Gasteiger partial charge >= 0.3 is 6.09 Å². The van der Waals surface area contributed by atoms with Gasteiger partial charge in [0.2, 0.25) is 17.7 Å². The van der Waals surface area contributed by atoms with E-state index in [4.69, 9.17) is 14.6 Å². The predicted molar refractivity (Wildman–Crippen MR) is 105 cm³/mol. The van der Waals surface area contributed by atoms with E-state index in [1.165, 1.54) is 19.0 Å². The summed E-state index contributed by atoms with van der Waals surface area (Å²) in [5.41, 5.74) is 0. The lowest BCUT2D eigenvalue weighted by Crippen LogP contribution is -2.46. The van der Waals surface area contributed by atoms with Crippen LogP contribution in [0.3, 0.4) is 0 Å². The Morgan fingerprint density at radius 3 is 1.86 bits per heavy atom. The molecule has 0 aliphatic rings. The molecular formula is C18H34N4O7. The number of carboxylic acid groups (broad SMARTS) is 1. The van der Waals surface area contributed by atoms with E-state index >= 15 is 0 Å². The quantitative estimate of drug-likeness (QED) is 0.248. The summed E-state index contributed by atoms with van der Waals surface area (Å²) in [7, 11) is 3.03. The number of hydrogen-bond acceptors (Lipinski definition) is 6. The molecule has 0 aliphatic heterocycles. The third kappa shape index (κ3) is 15.2. The highest BCUT2D eigenvalue weighted by atomic mass is 16.5. The van der Waals surface area contributed by atoms with Crippen LogP contribution in [0.4, 0.5) is 4.79 Å². The molecule has 4 amide bonds. The largest absolute Gasteiger partial charge is 0.465 e. The lowest BCUT2D eigenvalue weighted by molar-refractivity contribution is -0.131. The SMILES string of the molecule is CCCC(=O)NCCOCCOCCNC(=O)CC[C@@H](NC(=O)O)C(=O)N(C)C. The second-order valence-corrected chi connectivity index (χ2v) is 6.45. The van der Waals surface area contributed by atoms with E-state index in [9.17, 15) is 19.2 Å². The lowest BCUT2D eigenvalue weighted by Gasteiger charge is -2.20. The number of carbonyl (C=O) groups excluding carboxylic acids is 3. The van der Waals surface area contributed by atoms with Crippen molar-refractivity contribution >= 4 is 23.8 Å². The average molecular weight is 418 g/mol. The smallest absolute Gasteiger partial charge is 0.405 e. The van der Waals surface area contributed by atoms with Crippen molar-refractivity contribution in [3.63, 3.8) is 0 Å². The third-order valence-corrected chi connectivity index (χ3v) is 3.68. The number of rotatable bonds is 16.